The predicted octanol–water partition coefficient (Wildman–Crippen LogP) is 12.3. The molecule has 0 fully saturated rings. The quantitative estimate of drug-likeness (QED) is 0.197. The van der Waals surface area contributed by atoms with Crippen LogP contribution in [0, 0.1) is 0 Å². The zero-order valence-corrected chi connectivity index (χ0v) is 23.7. The predicted molar refractivity (Wildman–Crippen MR) is 184 cm³/mol. The fourth-order valence-corrected chi connectivity index (χ4v) is 7.37. The number of para-hydroxylation sites is 1. The summed E-state index contributed by atoms with van der Waals surface area (Å²) in [7, 11) is 0. The lowest BCUT2D eigenvalue weighted by Crippen LogP contribution is -1.91. The van der Waals surface area contributed by atoms with Crippen LogP contribution in [0.5, 0.6) is 0 Å². The Morgan fingerprint density at radius 2 is 0.932 bits per heavy atom. The van der Waals surface area contributed by atoms with Crippen LogP contribution in [0.1, 0.15) is 0 Å². The third kappa shape index (κ3) is 3.20. The number of hydrogen-bond donors (Lipinski definition) is 0. The number of furan rings is 2. The molecule has 2 heterocycles. The van der Waals surface area contributed by atoms with Crippen LogP contribution >= 0.6 is 0 Å². The van der Waals surface area contributed by atoms with Crippen molar-refractivity contribution in [2.75, 3.05) is 0 Å². The SMILES string of the molecule is c1ccc2c(c1)ccc1c2oc2cccc(-c3c4ccccc4c(-c4ccc5c(c4)oc4ccccc45)c4ccccc34)c21. The first-order valence-electron chi connectivity index (χ1n) is 15.0. The van der Waals surface area contributed by atoms with Gasteiger partial charge in [0, 0.05) is 26.9 Å². The third-order valence-corrected chi connectivity index (χ3v) is 9.26. The zero-order valence-electron chi connectivity index (χ0n) is 23.7. The number of benzene rings is 8. The Kier molecular flexibility index (Phi) is 4.75. The van der Waals surface area contributed by atoms with Gasteiger partial charge >= 0.3 is 0 Å². The van der Waals surface area contributed by atoms with Crippen LogP contribution in [0.2, 0.25) is 0 Å². The summed E-state index contributed by atoms with van der Waals surface area (Å²) in [6, 6.07) is 51.9. The topological polar surface area (TPSA) is 26.3 Å². The highest BCUT2D eigenvalue weighted by molar-refractivity contribution is 6.27. The van der Waals surface area contributed by atoms with E-state index in [-0.39, 0.29) is 0 Å². The van der Waals surface area contributed by atoms with Gasteiger partial charge < -0.3 is 8.83 Å². The zero-order chi connectivity index (χ0) is 28.8. The minimum absolute atomic E-state index is 0.904. The van der Waals surface area contributed by atoms with Gasteiger partial charge in [-0.15, -0.1) is 0 Å². The van der Waals surface area contributed by atoms with E-state index in [1.807, 2.05) is 12.1 Å². The van der Waals surface area contributed by atoms with E-state index in [1.54, 1.807) is 0 Å². The first kappa shape index (κ1) is 23.7. The number of fused-ring (bicyclic) bond motifs is 10. The van der Waals surface area contributed by atoms with Crippen LogP contribution in [0.25, 0.3) is 98.4 Å². The van der Waals surface area contributed by atoms with Gasteiger partial charge in [-0.2, -0.15) is 0 Å². The fraction of sp³-hybridized carbons (Fsp3) is 0. The van der Waals surface area contributed by atoms with Gasteiger partial charge in [0.25, 0.3) is 0 Å². The first-order valence-corrected chi connectivity index (χ1v) is 15.0. The summed E-state index contributed by atoms with van der Waals surface area (Å²) >= 11 is 0. The molecule has 10 rings (SSSR count). The average Bonchev–Trinajstić information content (AvgIpc) is 3.65. The van der Waals surface area contributed by atoms with Crippen molar-refractivity contribution in [2.45, 2.75) is 0 Å². The van der Waals surface area contributed by atoms with E-state index < -0.39 is 0 Å². The molecule has 10 aromatic rings. The van der Waals surface area contributed by atoms with Gasteiger partial charge in [-0.3, -0.25) is 0 Å². The van der Waals surface area contributed by atoms with Gasteiger partial charge in [0.1, 0.15) is 22.3 Å². The van der Waals surface area contributed by atoms with E-state index in [4.69, 9.17) is 8.83 Å². The largest absolute Gasteiger partial charge is 0.456 e. The van der Waals surface area contributed by atoms with Crippen LogP contribution in [0.4, 0.5) is 0 Å². The molecule has 0 bridgehead atoms. The van der Waals surface area contributed by atoms with E-state index in [9.17, 15) is 0 Å². The molecule has 44 heavy (non-hydrogen) atoms. The summed E-state index contributed by atoms with van der Waals surface area (Å²) in [6.45, 7) is 0. The van der Waals surface area contributed by atoms with Crippen molar-refractivity contribution in [3.63, 3.8) is 0 Å². The van der Waals surface area contributed by atoms with E-state index in [0.29, 0.717) is 0 Å². The Hall–Kier alpha value is -5.86. The molecule has 0 N–H and O–H groups in total. The second kappa shape index (κ2) is 8.82. The van der Waals surface area contributed by atoms with Gasteiger partial charge in [-0.1, -0.05) is 115 Å². The van der Waals surface area contributed by atoms with Gasteiger partial charge in [0.2, 0.25) is 0 Å². The fourth-order valence-electron chi connectivity index (χ4n) is 7.37. The van der Waals surface area contributed by atoms with Crippen LogP contribution in [-0.4, -0.2) is 0 Å². The number of rotatable bonds is 2. The van der Waals surface area contributed by atoms with Gasteiger partial charge in [0.15, 0.2) is 0 Å². The van der Waals surface area contributed by atoms with Crippen molar-refractivity contribution in [3.8, 4) is 22.3 Å². The van der Waals surface area contributed by atoms with Crippen molar-refractivity contribution < 1.29 is 8.83 Å². The Morgan fingerprint density at radius 1 is 0.341 bits per heavy atom. The molecule has 0 unspecified atom stereocenters. The molecule has 0 aliphatic rings. The van der Waals surface area contributed by atoms with Gasteiger partial charge in [-0.25, -0.2) is 0 Å². The maximum absolute atomic E-state index is 6.60. The lowest BCUT2D eigenvalue weighted by molar-refractivity contribution is 0.669. The molecule has 2 heteroatoms. The minimum Gasteiger partial charge on any atom is -0.456 e. The number of hydrogen-bond acceptors (Lipinski definition) is 2. The van der Waals surface area contributed by atoms with E-state index >= 15 is 0 Å². The molecule has 0 atom stereocenters. The third-order valence-electron chi connectivity index (χ3n) is 9.26. The van der Waals surface area contributed by atoms with Gasteiger partial charge in [-0.05, 0) is 79.5 Å². The summed E-state index contributed by atoms with van der Waals surface area (Å²) in [4.78, 5) is 0. The van der Waals surface area contributed by atoms with Crippen molar-refractivity contribution in [1.29, 1.82) is 0 Å². The molecule has 8 aromatic carbocycles. The van der Waals surface area contributed by atoms with Crippen molar-refractivity contribution in [1.82, 2.24) is 0 Å². The highest BCUT2D eigenvalue weighted by Gasteiger charge is 2.21. The Bertz CT molecular complexity index is 2720. The molecule has 0 saturated carbocycles. The highest BCUT2D eigenvalue weighted by atomic mass is 16.3. The molecule has 0 aliphatic carbocycles. The Labute approximate surface area is 252 Å². The summed E-state index contributed by atoms with van der Waals surface area (Å²) in [6.07, 6.45) is 0. The summed E-state index contributed by atoms with van der Waals surface area (Å²) in [5.41, 5.74) is 8.44. The molecule has 0 aliphatic heterocycles. The lowest BCUT2D eigenvalue weighted by Gasteiger charge is -2.18. The van der Waals surface area contributed by atoms with Crippen LogP contribution in [0.15, 0.2) is 154 Å². The Morgan fingerprint density at radius 3 is 1.70 bits per heavy atom. The van der Waals surface area contributed by atoms with E-state index in [1.165, 1.54) is 43.6 Å². The maximum atomic E-state index is 6.60. The summed E-state index contributed by atoms with van der Waals surface area (Å²) in [5, 5.41) is 11.8. The normalized spacial score (nSPS) is 12.1. The van der Waals surface area contributed by atoms with Crippen LogP contribution in [0.3, 0.4) is 0 Å². The van der Waals surface area contributed by atoms with Crippen molar-refractivity contribution in [3.05, 3.63) is 146 Å². The summed E-state index contributed by atoms with van der Waals surface area (Å²) in [5.74, 6) is 0. The monoisotopic (exact) mass is 560 g/mol. The maximum Gasteiger partial charge on any atom is 0.143 e. The standard InChI is InChI=1S/C42H24O2/c1-2-11-27-25(10-1)20-23-35-41-34(17-9-19-37(41)44-42(27)35)40-32-15-5-3-13-30(32)39(31-14-4-6-16-33(31)40)26-21-22-29-28-12-7-8-18-36(28)43-38(29)24-26/h1-24H. The molecule has 0 radical (unpaired) electrons. The second-order valence-corrected chi connectivity index (χ2v) is 11.6. The summed E-state index contributed by atoms with van der Waals surface area (Å²) < 4.78 is 12.9. The highest BCUT2D eigenvalue weighted by Crippen LogP contribution is 2.48. The molecular weight excluding hydrogens is 536 g/mol. The molecular formula is C42H24O2. The van der Waals surface area contributed by atoms with Gasteiger partial charge in [0.05, 0.1) is 0 Å². The second-order valence-electron chi connectivity index (χ2n) is 11.6. The van der Waals surface area contributed by atoms with E-state index in [2.05, 4.69) is 133 Å². The van der Waals surface area contributed by atoms with Crippen LogP contribution in [-0.2, 0) is 0 Å². The molecule has 0 spiro atoms. The average molecular weight is 561 g/mol. The first-order chi connectivity index (χ1) is 21.8. The molecule has 204 valence electrons. The smallest absolute Gasteiger partial charge is 0.143 e. The van der Waals surface area contributed by atoms with E-state index in [0.717, 1.165) is 54.8 Å². The molecule has 0 amide bonds. The molecule has 2 nitrogen and oxygen atoms in total. The van der Waals surface area contributed by atoms with Crippen molar-refractivity contribution >= 4 is 76.2 Å². The lowest BCUT2D eigenvalue weighted by atomic mass is 9.85. The molecule has 2 aromatic heterocycles. The molecule has 0 saturated heterocycles. The van der Waals surface area contributed by atoms with Crippen LogP contribution < -0.4 is 0 Å². The Balaban J connectivity index is 1.32. The minimum atomic E-state index is 0.904. The van der Waals surface area contributed by atoms with Crippen molar-refractivity contribution in [2.24, 2.45) is 0 Å².